The predicted octanol–water partition coefficient (Wildman–Crippen LogP) is 38.3. The number of halogens is 3. The molecule has 0 heterocycles. The Morgan fingerprint density at radius 2 is 0.363 bits per heavy atom. The fourth-order valence-electron chi connectivity index (χ4n) is 16.2. The summed E-state index contributed by atoms with van der Waals surface area (Å²) < 4.78 is 38.8. The van der Waals surface area contributed by atoms with Gasteiger partial charge >= 0.3 is 6.18 Å². The van der Waals surface area contributed by atoms with Gasteiger partial charge in [0.05, 0.1) is 5.56 Å². The normalized spacial score (nSPS) is 10.6. The van der Waals surface area contributed by atoms with Crippen LogP contribution >= 0.6 is 0 Å². The van der Waals surface area contributed by atoms with Crippen LogP contribution in [0.1, 0.15) is 134 Å². The fourth-order valence-corrected chi connectivity index (χ4v) is 16.2. The van der Waals surface area contributed by atoms with Crippen molar-refractivity contribution in [1.29, 1.82) is 0 Å². The van der Waals surface area contributed by atoms with Gasteiger partial charge < -0.3 is 0 Å². The van der Waals surface area contributed by atoms with E-state index in [2.05, 4.69) is 490 Å². The van der Waals surface area contributed by atoms with Crippen molar-refractivity contribution in [3.8, 4) is 111 Å². The molecule has 18 aromatic carbocycles. The summed E-state index contributed by atoms with van der Waals surface area (Å²) in [6.45, 7) is 48.3. The Kier molecular flexibility index (Phi) is 35.9. The molecule has 18 rings (SSSR count). The van der Waals surface area contributed by atoms with Gasteiger partial charge in [0.25, 0.3) is 0 Å². The van der Waals surface area contributed by atoms with Crippen LogP contribution in [0.4, 0.5) is 13.2 Å². The second-order valence-corrected chi connectivity index (χ2v) is 36.6. The Bertz CT molecular complexity index is 6770. The highest BCUT2D eigenvalue weighted by molar-refractivity contribution is 5.77. The van der Waals surface area contributed by atoms with Crippen molar-refractivity contribution >= 4 is 0 Å². The highest BCUT2D eigenvalue weighted by atomic mass is 19.4. The molecule has 0 aromatic heterocycles. The van der Waals surface area contributed by atoms with E-state index in [1.165, 1.54) is 230 Å². The number of hydrogen-bond donors (Lipinski definition) is 0. The predicted molar refractivity (Wildman–Crippen MR) is 580 cm³/mol. The van der Waals surface area contributed by atoms with Crippen molar-refractivity contribution in [3.05, 3.63) is 522 Å². The minimum Gasteiger partial charge on any atom is -0.166 e. The summed E-state index contributed by atoms with van der Waals surface area (Å²) >= 11 is 0. The standard InChI is InChI=1S/2C20H18.C16H15F3.3C16H18.2C14H14/c1-15-3-7-17(8-4-15)19-11-13-20(14-12-19)18-9-5-16(2)6-10-18;1-15-6-8-17(9-7-15)18-10-12-19(13-11-18)20-5-3-4-16(2)14-20;1-10-5-4-6-14(12(10)3)13-8-7-11(2)15(9-13)16(17,18)19;1-11-5-7-15(9-13(11)3)16-8-6-12(2)14(4)10-16;1-11-5-7-15(13(3)9-11)16-8-6-12(2)10-14(16)4;1-11-8-9-15(10-13(11)3)16-7-5-6-12(2)14(16)4;1-11-6-8-13(9-7-11)14-5-3-4-12(2)10-14;1-11-7-9-13(10-8-11)14-6-4-3-5-12(14)2/h2*3-14H,1-2H3;4-9H,1-3H3;3*5-10H,1-4H3;2*3-10H,1-2H3. The number of hydrogen-bond acceptors (Lipinski definition) is 0. The van der Waals surface area contributed by atoms with Gasteiger partial charge in [-0.05, 0) is 354 Å². The Morgan fingerprint density at radius 1 is 0.126 bits per heavy atom. The summed E-state index contributed by atoms with van der Waals surface area (Å²) in [4.78, 5) is 0. The van der Waals surface area contributed by atoms with E-state index in [0.717, 1.165) is 16.7 Å². The van der Waals surface area contributed by atoms with Gasteiger partial charge in [-0.3, -0.25) is 0 Å². The van der Waals surface area contributed by atoms with Crippen molar-refractivity contribution in [2.24, 2.45) is 0 Å². The van der Waals surface area contributed by atoms with E-state index in [4.69, 9.17) is 0 Å². The molecule has 0 radical (unpaired) electrons. The summed E-state index contributed by atoms with van der Waals surface area (Å²) in [6.07, 6.45) is -4.31. The molecule has 0 atom stereocenters. The highest BCUT2D eigenvalue weighted by Crippen LogP contribution is 2.38. The summed E-state index contributed by atoms with van der Waals surface area (Å²) in [5, 5.41) is 0. The number of rotatable bonds is 10. The molecule has 0 N–H and O–H groups in total. The van der Waals surface area contributed by atoms with Crippen molar-refractivity contribution in [1.82, 2.24) is 0 Å². The Labute approximate surface area is 806 Å². The smallest absolute Gasteiger partial charge is 0.166 e. The first-order valence-electron chi connectivity index (χ1n) is 47.0. The topological polar surface area (TPSA) is 0 Å². The zero-order valence-electron chi connectivity index (χ0n) is 83.6. The van der Waals surface area contributed by atoms with Gasteiger partial charge in [0.2, 0.25) is 0 Å². The highest BCUT2D eigenvalue weighted by Gasteiger charge is 2.33. The third kappa shape index (κ3) is 29.1. The maximum absolute atomic E-state index is 12.9. The van der Waals surface area contributed by atoms with Gasteiger partial charge in [-0.25, -0.2) is 0 Å². The molecule has 682 valence electrons. The maximum atomic E-state index is 12.9. The van der Waals surface area contributed by atoms with Crippen LogP contribution in [0.25, 0.3) is 111 Å². The van der Waals surface area contributed by atoms with Crippen LogP contribution in [-0.4, -0.2) is 0 Å². The third-order valence-corrected chi connectivity index (χ3v) is 25.5. The minimum atomic E-state index is -4.31. The molecule has 0 saturated heterocycles. The zero-order valence-corrected chi connectivity index (χ0v) is 83.6. The molecule has 0 fully saturated rings. The van der Waals surface area contributed by atoms with E-state index in [1.807, 2.05) is 32.0 Å². The second-order valence-electron chi connectivity index (χ2n) is 36.6. The van der Waals surface area contributed by atoms with Crippen molar-refractivity contribution in [2.75, 3.05) is 0 Å². The Hall–Kier alpha value is -14.3. The lowest BCUT2D eigenvalue weighted by molar-refractivity contribution is -0.138. The molecule has 0 spiro atoms. The zero-order chi connectivity index (χ0) is 97.2. The molecular weight excluding hydrogens is 1640 g/mol. The third-order valence-electron chi connectivity index (χ3n) is 25.5. The van der Waals surface area contributed by atoms with Crippen LogP contribution in [0.2, 0.25) is 0 Å². The molecule has 0 unspecified atom stereocenters. The van der Waals surface area contributed by atoms with Crippen molar-refractivity contribution < 1.29 is 13.2 Å². The van der Waals surface area contributed by atoms with Crippen LogP contribution in [-0.2, 0) is 6.18 Å². The summed E-state index contributed by atoms with van der Waals surface area (Å²) in [5.41, 5.74) is 53.3. The summed E-state index contributed by atoms with van der Waals surface area (Å²) in [7, 11) is 0. The molecule has 0 bridgehead atoms. The Balaban J connectivity index is 0.000000149. The van der Waals surface area contributed by atoms with Crippen molar-refractivity contribution in [3.63, 3.8) is 0 Å². The molecule has 0 saturated carbocycles. The first-order chi connectivity index (χ1) is 64.5. The van der Waals surface area contributed by atoms with Gasteiger partial charge in [-0.15, -0.1) is 0 Å². The molecular formula is C132H133F3. The van der Waals surface area contributed by atoms with E-state index >= 15 is 0 Å². The van der Waals surface area contributed by atoms with Crippen molar-refractivity contribution in [2.45, 2.75) is 165 Å². The molecule has 18 aromatic rings. The largest absolute Gasteiger partial charge is 0.416 e. The number of aryl methyl sites for hydroxylation is 21. The number of alkyl halides is 3. The van der Waals surface area contributed by atoms with Gasteiger partial charge in [-0.2, -0.15) is 13.2 Å². The Morgan fingerprint density at radius 3 is 0.674 bits per heavy atom. The van der Waals surface area contributed by atoms with Gasteiger partial charge in [0, 0.05) is 0 Å². The van der Waals surface area contributed by atoms with E-state index in [-0.39, 0.29) is 5.56 Å². The molecule has 0 aliphatic rings. The fraction of sp³-hybridized carbons (Fsp3) is 0.182. The molecule has 0 aliphatic heterocycles. The lowest BCUT2D eigenvalue weighted by Gasteiger charge is -2.14. The average molecular weight is 1780 g/mol. The molecule has 0 amide bonds. The average Bonchev–Trinajstić information content (AvgIpc) is 0.790. The molecule has 135 heavy (non-hydrogen) atoms. The molecule has 0 aliphatic carbocycles. The van der Waals surface area contributed by atoms with E-state index in [9.17, 15) is 13.2 Å². The van der Waals surface area contributed by atoms with Crippen LogP contribution in [0, 0.1) is 159 Å². The van der Waals surface area contributed by atoms with Crippen LogP contribution in [0.5, 0.6) is 0 Å². The number of benzene rings is 18. The monoisotopic (exact) mass is 1780 g/mol. The van der Waals surface area contributed by atoms with Crippen LogP contribution in [0.3, 0.4) is 0 Å². The minimum absolute atomic E-state index is 0.251. The van der Waals surface area contributed by atoms with Gasteiger partial charge in [-0.1, -0.05) is 432 Å². The van der Waals surface area contributed by atoms with E-state index in [0.29, 0.717) is 5.56 Å². The van der Waals surface area contributed by atoms with E-state index in [1.54, 1.807) is 6.07 Å². The second kappa shape index (κ2) is 47.9. The van der Waals surface area contributed by atoms with E-state index < -0.39 is 11.7 Å². The van der Waals surface area contributed by atoms with Gasteiger partial charge in [0.15, 0.2) is 0 Å². The maximum Gasteiger partial charge on any atom is 0.416 e. The lowest BCUT2D eigenvalue weighted by atomic mass is 9.94. The first kappa shape index (κ1) is 101. The molecule has 3 heteroatoms. The van der Waals surface area contributed by atoms with Crippen LogP contribution in [0.15, 0.2) is 388 Å². The lowest BCUT2D eigenvalue weighted by Crippen LogP contribution is -2.07. The first-order valence-corrected chi connectivity index (χ1v) is 47.0. The van der Waals surface area contributed by atoms with Crippen LogP contribution < -0.4 is 0 Å². The summed E-state index contributed by atoms with van der Waals surface area (Å²) in [5.74, 6) is 0. The summed E-state index contributed by atoms with van der Waals surface area (Å²) in [6, 6.07) is 137. The SMILES string of the molecule is Cc1ccc(-c2ccc(-c3ccc(C)cc3)cc2)cc1.Cc1ccc(-c2ccc(-c3cccc(C)c3)cc2)cc1.Cc1ccc(-c2ccc(C)c(C)c2)cc1C.Cc1ccc(-c2ccc(C)cc2C)c(C)c1.Cc1ccc(-c2cccc(C)c2)cc1.Cc1ccc(-c2cccc(C)c2C)cc1C.Cc1ccc(-c2cccc(C)c2C)cc1C(F)(F)F.Cc1ccc(-c2ccccc2C)cc1. The quantitative estimate of drug-likeness (QED) is 0.128. The molecule has 0 nitrogen and oxygen atoms in total. The van der Waals surface area contributed by atoms with Gasteiger partial charge in [0.1, 0.15) is 0 Å².